The zero-order chi connectivity index (χ0) is 19.5. The summed E-state index contributed by atoms with van der Waals surface area (Å²) in [5, 5.41) is 11.2. The van der Waals surface area contributed by atoms with Gasteiger partial charge in [-0.2, -0.15) is 0 Å². The van der Waals surface area contributed by atoms with Crippen molar-refractivity contribution in [2.45, 2.75) is 18.8 Å². The van der Waals surface area contributed by atoms with Crippen molar-refractivity contribution in [2.24, 2.45) is 0 Å². The zero-order valence-electron chi connectivity index (χ0n) is 15.5. The van der Waals surface area contributed by atoms with Gasteiger partial charge in [-0.1, -0.05) is 47.2 Å². The van der Waals surface area contributed by atoms with Crippen LogP contribution < -0.4 is 4.74 Å². The molecule has 1 fully saturated rings. The normalized spacial score (nSPS) is 14.9. The van der Waals surface area contributed by atoms with Gasteiger partial charge in [-0.15, -0.1) is 10.2 Å². The SMILES string of the molecule is COc1ccccc1-c1nnc(C2CCN(C(=O)c3ccccc3Cl)CC2)s1. The number of carbonyl (C=O) groups excluding carboxylic acids is 1. The molecule has 3 aromatic rings. The molecule has 0 radical (unpaired) electrons. The number of piperidine rings is 1. The fraction of sp³-hybridized carbons (Fsp3) is 0.286. The van der Waals surface area contributed by atoms with E-state index in [0.717, 1.165) is 34.2 Å². The molecule has 4 rings (SSSR count). The minimum atomic E-state index is -0.00368. The van der Waals surface area contributed by atoms with E-state index in [1.54, 1.807) is 30.6 Å². The first-order valence-electron chi connectivity index (χ1n) is 9.18. The Bertz CT molecular complexity index is 983. The fourth-order valence-corrected chi connectivity index (χ4v) is 4.72. The second-order valence-corrected chi connectivity index (χ2v) is 8.11. The molecule has 1 aliphatic heterocycles. The van der Waals surface area contributed by atoms with Crippen LogP contribution >= 0.6 is 22.9 Å². The van der Waals surface area contributed by atoms with Gasteiger partial charge in [-0.05, 0) is 37.1 Å². The van der Waals surface area contributed by atoms with Gasteiger partial charge in [-0.3, -0.25) is 4.79 Å². The molecule has 28 heavy (non-hydrogen) atoms. The average Bonchev–Trinajstić information content (AvgIpc) is 3.24. The summed E-state index contributed by atoms with van der Waals surface area (Å²) in [4.78, 5) is 14.6. The predicted molar refractivity (Wildman–Crippen MR) is 111 cm³/mol. The monoisotopic (exact) mass is 413 g/mol. The topological polar surface area (TPSA) is 55.3 Å². The number of aromatic nitrogens is 2. The van der Waals surface area contributed by atoms with Crippen LogP contribution in [0.1, 0.15) is 34.1 Å². The first kappa shape index (κ1) is 18.9. The smallest absolute Gasteiger partial charge is 0.255 e. The maximum absolute atomic E-state index is 12.7. The van der Waals surface area contributed by atoms with Crippen molar-refractivity contribution < 1.29 is 9.53 Å². The van der Waals surface area contributed by atoms with Gasteiger partial charge in [0.25, 0.3) is 5.91 Å². The summed E-state index contributed by atoms with van der Waals surface area (Å²) in [6.07, 6.45) is 1.74. The summed E-state index contributed by atoms with van der Waals surface area (Å²) in [7, 11) is 1.66. The van der Waals surface area contributed by atoms with Crippen molar-refractivity contribution in [1.82, 2.24) is 15.1 Å². The summed E-state index contributed by atoms with van der Waals surface area (Å²) in [6.45, 7) is 1.39. The number of rotatable bonds is 4. The quantitative estimate of drug-likeness (QED) is 0.611. The Kier molecular flexibility index (Phi) is 5.59. The number of para-hydroxylation sites is 1. The molecule has 1 aromatic heterocycles. The predicted octanol–water partition coefficient (Wildman–Crippen LogP) is 4.89. The molecule has 0 saturated carbocycles. The Morgan fingerprint density at radius 1 is 1.11 bits per heavy atom. The summed E-state index contributed by atoms with van der Waals surface area (Å²) < 4.78 is 5.43. The third-order valence-electron chi connectivity index (χ3n) is 5.01. The van der Waals surface area contributed by atoms with Gasteiger partial charge in [-0.25, -0.2) is 0 Å². The van der Waals surface area contributed by atoms with Crippen LogP contribution in [0.15, 0.2) is 48.5 Å². The molecule has 2 heterocycles. The molecule has 144 valence electrons. The third kappa shape index (κ3) is 3.75. The largest absolute Gasteiger partial charge is 0.496 e. The second-order valence-electron chi connectivity index (χ2n) is 6.69. The number of halogens is 1. The lowest BCUT2D eigenvalue weighted by Crippen LogP contribution is -2.38. The lowest BCUT2D eigenvalue weighted by molar-refractivity contribution is 0.0713. The minimum Gasteiger partial charge on any atom is -0.496 e. The van der Waals surface area contributed by atoms with Gasteiger partial charge in [0.15, 0.2) is 5.01 Å². The van der Waals surface area contributed by atoms with Crippen LogP contribution in [0.5, 0.6) is 5.75 Å². The Hall–Kier alpha value is -2.44. The number of hydrogen-bond acceptors (Lipinski definition) is 5. The van der Waals surface area contributed by atoms with Crippen LogP contribution in [0, 0.1) is 0 Å². The number of amides is 1. The number of benzene rings is 2. The van der Waals surface area contributed by atoms with E-state index in [1.165, 1.54) is 0 Å². The van der Waals surface area contributed by atoms with Crippen molar-refractivity contribution >= 4 is 28.8 Å². The maximum atomic E-state index is 12.7. The Labute approximate surface area is 172 Å². The first-order chi connectivity index (χ1) is 13.7. The number of hydrogen-bond donors (Lipinski definition) is 0. The van der Waals surface area contributed by atoms with E-state index < -0.39 is 0 Å². The van der Waals surface area contributed by atoms with Crippen molar-refractivity contribution in [3.05, 3.63) is 64.1 Å². The highest BCUT2D eigenvalue weighted by Gasteiger charge is 2.28. The molecule has 2 aromatic carbocycles. The van der Waals surface area contributed by atoms with Crippen LogP contribution in [0.4, 0.5) is 0 Å². The lowest BCUT2D eigenvalue weighted by Gasteiger charge is -2.31. The third-order valence-corrected chi connectivity index (χ3v) is 6.46. The molecular formula is C21H20ClN3O2S. The van der Waals surface area contributed by atoms with E-state index in [0.29, 0.717) is 29.6 Å². The number of ether oxygens (including phenoxy) is 1. The van der Waals surface area contributed by atoms with E-state index in [-0.39, 0.29) is 5.91 Å². The van der Waals surface area contributed by atoms with Crippen molar-refractivity contribution in [2.75, 3.05) is 20.2 Å². The summed E-state index contributed by atoms with van der Waals surface area (Å²) in [6, 6.07) is 15.0. The zero-order valence-corrected chi connectivity index (χ0v) is 17.0. The molecule has 0 N–H and O–H groups in total. The van der Waals surface area contributed by atoms with Gasteiger partial charge in [0.1, 0.15) is 10.8 Å². The minimum absolute atomic E-state index is 0.00368. The summed E-state index contributed by atoms with van der Waals surface area (Å²) in [5.74, 6) is 1.11. The number of carbonyl (C=O) groups is 1. The standard InChI is InChI=1S/C21H20ClN3O2S/c1-27-18-9-5-3-7-16(18)20-24-23-19(28-20)14-10-12-25(13-11-14)21(26)15-6-2-4-8-17(15)22/h2-9,14H,10-13H2,1H3. The Morgan fingerprint density at radius 3 is 2.57 bits per heavy atom. The van der Waals surface area contributed by atoms with Gasteiger partial charge < -0.3 is 9.64 Å². The Morgan fingerprint density at radius 2 is 1.82 bits per heavy atom. The first-order valence-corrected chi connectivity index (χ1v) is 10.4. The molecule has 0 unspecified atom stereocenters. The van der Waals surface area contributed by atoms with E-state index in [4.69, 9.17) is 16.3 Å². The number of methoxy groups -OCH3 is 1. The van der Waals surface area contributed by atoms with Gasteiger partial charge in [0, 0.05) is 19.0 Å². The van der Waals surface area contributed by atoms with Crippen LogP contribution in [-0.4, -0.2) is 41.2 Å². The van der Waals surface area contributed by atoms with Gasteiger partial charge >= 0.3 is 0 Å². The van der Waals surface area contributed by atoms with E-state index >= 15 is 0 Å². The Balaban J connectivity index is 1.44. The van der Waals surface area contributed by atoms with Crippen molar-refractivity contribution in [3.8, 4) is 16.3 Å². The van der Waals surface area contributed by atoms with Crippen LogP contribution in [0.25, 0.3) is 10.6 Å². The van der Waals surface area contributed by atoms with Gasteiger partial charge in [0.2, 0.25) is 0 Å². The molecule has 1 amide bonds. The number of likely N-dealkylation sites (tertiary alicyclic amines) is 1. The highest BCUT2D eigenvalue weighted by Crippen LogP contribution is 2.37. The highest BCUT2D eigenvalue weighted by molar-refractivity contribution is 7.14. The fourth-order valence-electron chi connectivity index (χ4n) is 3.46. The maximum Gasteiger partial charge on any atom is 0.255 e. The molecule has 5 nitrogen and oxygen atoms in total. The lowest BCUT2D eigenvalue weighted by atomic mass is 9.97. The second kappa shape index (κ2) is 8.29. The molecule has 7 heteroatoms. The summed E-state index contributed by atoms with van der Waals surface area (Å²) in [5.41, 5.74) is 1.53. The van der Waals surface area contributed by atoms with E-state index in [9.17, 15) is 4.79 Å². The summed E-state index contributed by atoms with van der Waals surface area (Å²) >= 11 is 7.78. The molecule has 1 saturated heterocycles. The molecule has 1 aliphatic rings. The van der Waals surface area contributed by atoms with E-state index in [1.807, 2.05) is 41.3 Å². The molecular weight excluding hydrogens is 394 g/mol. The average molecular weight is 414 g/mol. The van der Waals surface area contributed by atoms with Gasteiger partial charge in [0.05, 0.1) is 23.3 Å². The van der Waals surface area contributed by atoms with E-state index in [2.05, 4.69) is 10.2 Å². The highest BCUT2D eigenvalue weighted by atomic mass is 35.5. The molecule has 0 spiro atoms. The van der Waals surface area contributed by atoms with Crippen LogP contribution in [-0.2, 0) is 0 Å². The van der Waals surface area contributed by atoms with Crippen LogP contribution in [0.2, 0.25) is 5.02 Å². The van der Waals surface area contributed by atoms with Crippen LogP contribution in [0.3, 0.4) is 0 Å². The molecule has 0 atom stereocenters. The molecule has 0 bridgehead atoms. The van der Waals surface area contributed by atoms with Crippen molar-refractivity contribution in [1.29, 1.82) is 0 Å². The van der Waals surface area contributed by atoms with Crippen molar-refractivity contribution in [3.63, 3.8) is 0 Å². The number of nitrogens with zero attached hydrogens (tertiary/aromatic N) is 3. The molecule has 0 aliphatic carbocycles.